The average molecular weight is 204 g/mol. The molecule has 0 radical (unpaired) electrons. The Bertz CT molecular complexity index is 488. The Labute approximate surface area is 88.9 Å². The minimum atomic E-state index is -0.600. The van der Waals surface area contributed by atoms with E-state index in [4.69, 9.17) is 5.73 Å². The summed E-state index contributed by atoms with van der Waals surface area (Å²) in [5, 5.41) is 10.8. The van der Waals surface area contributed by atoms with Gasteiger partial charge >= 0.3 is 0 Å². The second kappa shape index (κ2) is 3.68. The number of H-pyrrole nitrogens is 1. The Hall–Kier alpha value is -1.32. The third-order valence-corrected chi connectivity index (χ3v) is 2.67. The van der Waals surface area contributed by atoms with Crippen molar-refractivity contribution in [3.63, 3.8) is 0 Å². The van der Waals surface area contributed by atoms with Crippen LogP contribution in [0.2, 0.25) is 0 Å². The highest BCUT2D eigenvalue weighted by molar-refractivity contribution is 5.84. The monoisotopic (exact) mass is 204 g/mol. The van der Waals surface area contributed by atoms with Gasteiger partial charge in [-0.25, -0.2) is 0 Å². The number of nitrogens with one attached hydrogen (secondary N) is 1. The van der Waals surface area contributed by atoms with E-state index in [-0.39, 0.29) is 6.54 Å². The topological polar surface area (TPSA) is 62.0 Å². The number of nitrogens with two attached hydrogens (primary N) is 1. The van der Waals surface area contributed by atoms with Crippen LogP contribution >= 0.6 is 0 Å². The molecule has 1 atom stereocenters. The van der Waals surface area contributed by atoms with Gasteiger partial charge in [-0.15, -0.1) is 0 Å². The van der Waals surface area contributed by atoms with Crippen molar-refractivity contribution in [3.8, 4) is 0 Å². The van der Waals surface area contributed by atoms with Crippen LogP contribution in [-0.4, -0.2) is 16.6 Å². The molecule has 0 amide bonds. The molecule has 0 saturated carbocycles. The highest BCUT2D eigenvalue weighted by atomic mass is 16.3. The molecule has 0 spiro atoms. The van der Waals surface area contributed by atoms with Crippen LogP contribution in [0.1, 0.15) is 22.9 Å². The molecule has 15 heavy (non-hydrogen) atoms. The molecule has 3 nitrogen and oxygen atoms in total. The number of aryl methyl sites for hydroxylation is 2. The van der Waals surface area contributed by atoms with Gasteiger partial charge < -0.3 is 15.8 Å². The highest BCUT2D eigenvalue weighted by Gasteiger charge is 2.09. The molecule has 1 aromatic heterocycles. The van der Waals surface area contributed by atoms with E-state index in [0.29, 0.717) is 0 Å². The molecular weight excluding hydrogens is 188 g/mol. The lowest BCUT2D eigenvalue weighted by Gasteiger charge is -2.03. The summed E-state index contributed by atoms with van der Waals surface area (Å²) in [5.74, 6) is 0. The van der Waals surface area contributed by atoms with Crippen LogP contribution in [0.5, 0.6) is 0 Å². The number of benzene rings is 1. The highest BCUT2D eigenvalue weighted by Crippen LogP contribution is 2.23. The van der Waals surface area contributed by atoms with Gasteiger partial charge in [-0.05, 0) is 31.5 Å². The van der Waals surface area contributed by atoms with E-state index < -0.39 is 6.10 Å². The number of fused-ring (bicyclic) bond motifs is 1. The molecule has 2 aromatic rings. The molecule has 3 heteroatoms. The molecule has 4 N–H and O–H groups in total. The number of aliphatic hydroxyl groups excluding tert-OH is 1. The van der Waals surface area contributed by atoms with Gasteiger partial charge in [0.15, 0.2) is 0 Å². The van der Waals surface area contributed by atoms with Gasteiger partial charge in [-0.3, -0.25) is 0 Å². The van der Waals surface area contributed by atoms with Gasteiger partial charge in [0.2, 0.25) is 0 Å². The predicted molar refractivity (Wildman–Crippen MR) is 61.8 cm³/mol. The summed E-state index contributed by atoms with van der Waals surface area (Å²) in [6.07, 6.45) is -0.600. The van der Waals surface area contributed by atoms with Crippen LogP contribution < -0.4 is 5.73 Å². The summed E-state index contributed by atoms with van der Waals surface area (Å²) in [4.78, 5) is 3.21. The van der Waals surface area contributed by atoms with Gasteiger partial charge in [0, 0.05) is 23.1 Å². The normalized spacial score (nSPS) is 13.3. The Morgan fingerprint density at radius 2 is 2.07 bits per heavy atom. The average Bonchev–Trinajstić information content (AvgIpc) is 2.60. The van der Waals surface area contributed by atoms with E-state index >= 15 is 0 Å². The minimum absolute atomic E-state index is 0.241. The molecule has 2 rings (SSSR count). The van der Waals surface area contributed by atoms with Crippen molar-refractivity contribution < 1.29 is 5.11 Å². The summed E-state index contributed by atoms with van der Waals surface area (Å²) in [5.41, 5.74) is 9.73. The lowest BCUT2D eigenvalue weighted by molar-refractivity contribution is 0.183. The third-order valence-electron chi connectivity index (χ3n) is 2.67. The van der Waals surface area contributed by atoms with Crippen molar-refractivity contribution in [1.82, 2.24) is 4.98 Å². The maximum Gasteiger partial charge on any atom is 0.106 e. The van der Waals surface area contributed by atoms with Crippen LogP contribution in [0.4, 0.5) is 0 Å². The van der Waals surface area contributed by atoms with Crippen molar-refractivity contribution >= 4 is 10.9 Å². The van der Waals surface area contributed by atoms with Crippen molar-refractivity contribution in [1.29, 1.82) is 0 Å². The first-order valence-electron chi connectivity index (χ1n) is 5.10. The molecular formula is C12H16N2O. The number of aromatic amines is 1. The summed E-state index contributed by atoms with van der Waals surface area (Å²) in [6, 6.07) is 6.19. The third kappa shape index (κ3) is 1.76. The van der Waals surface area contributed by atoms with Gasteiger partial charge in [0.1, 0.15) is 6.10 Å². The number of rotatable bonds is 2. The van der Waals surface area contributed by atoms with Crippen molar-refractivity contribution in [2.45, 2.75) is 20.0 Å². The predicted octanol–water partition coefficient (Wildman–Crippen LogP) is 1.78. The molecule has 80 valence electrons. The lowest BCUT2D eigenvalue weighted by Crippen LogP contribution is -2.11. The Morgan fingerprint density at radius 1 is 1.33 bits per heavy atom. The van der Waals surface area contributed by atoms with Crippen LogP contribution in [0.15, 0.2) is 18.2 Å². The summed E-state index contributed by atoms with van der Waals surface area (Å²) < 4.78 is 0. The fourth-order valence-electron chi connectivity index (χ4n) is 1.94. The second-order valence-electron chi connectivity index (χ2n) is 4.02. The number of aromatic nitrogens is 1. The minimum Gasteiger partial charge on any atom is -0.386 e. The zero-order valence-corrected chi connectivity index (χ0v) is 9.04. The van der Waals surface area contributed by atoms with Crippen LogP contribution in [-0.2, 0) is 0 Å². The summed E-state index contributed by atoms with van der Waals surface area (Å²) >= 11 is 0. The first kappa shape index (κ1) is 10.2. The maximum atomic E-state index is 9.63. The molecule has 0 aliphatic heterocycles. The number of hydrogen-bond donors (Lipinski definition) is 3. The quantitative estimate of drug-likeness (QED) is 0.698. The van der Waals surface area contributed by atoms with Crippen LogP contribution in [0.25, 0.3) is 10.9 Å². The molecule has 0 aliphatic carbocycles. The summed E-state index contributed by atoms with van der Waals surface area (Å²) in [6.45, 7) is 4.37. The van der Waals surface area contributed by atoms with Crippen LogP contribution in [0, 0.1) is 13.8 Å². The zero-order valence-electron chi connectivity index (χ0n) is 9.04. The van der Waals surface area contributed by atoms with Crippen molar-refractivity contribution in [2.75, 3.05) is 6.54 Å². The maximum absolute atomic E-state index is 9.63. The smallest absolute Gasteiger partial charge is 0.106 e. The Kier molecular flexibility index (Phi) is 2.50. The zero-order chi connectivity index (χ0) is 11.0. The number of aliphatic hydroxyl groups is 1. The fraction of sp³-hybridized carbons (Fsp3) is 0.333. The van der Waals surface area contributed by atoms with E-state index in [1.54, 1.807) is 0 Å². The van der Waals surface area contributed by atoms with Crippen molar-refractivity contribution in [3.05, 3.63) is 35.0 Å². The molecule has 0 aliphatic rings. The first-order chi connectivity index (χ1) is 7.11. The first-order valence-corrected chi connectivity index (χ1v) is 5.10. The summed E-state index contributed by atoms with van der Waals surface area (Å²) in [7, 11) is 0. The van der Waals surface area contributed by atoms with Crippen molar-refractivity contribution in [2.24, 2.45) is 5.73 Å². The standard InChI is InChI=1S/C12H16N2O/c1-7-3-8(2)12-9(4-7)5-10(14-12)11(15)6-13/h3-5,11,14-15H,6,13H2,1-2H3. The van der Waals surface area contributed by atoms with Gasteiger partial charge in [0.25, 0.3) is 0 Å². The van der Waals surface area contributed by atoms with E-state index in [1.165, 1.54) is 11.1 Å². The molecule has 0 fully saturated rings. The second-order valence-corrected chi connectivity index (χ2v) is 4.02. The molecule has 1 aromatic carbocycles. The van der Waals surface area contributed by atoms with E-state index in [2.05, 4.69) is 31.0 Å². The van der Waals surface area contributed by atoms with E-state index in [9.17, 15) is 5.11 Å². The van der Waals surface area contributed by atoms with E-state index in [1.807, 2.05) is 6.07 Å². The van der Waals surface area contributed by atoms with E-state index in [0.717, 1.165) is 16.6 Å². The molecule has 0 bridgehead atoms. The van der Waals surface area contributed by atoms with Crippen LogP contribution in [0.3, 0.4) is 0 Å². The lowest BCUT2D eigenvalue weighted by atomic mass is 10.1. The SMILES string of the molecule is Cc1cc(C)c2[nH]c(C(O)CN)cc2c1. The molecule has 0 saturated heterocycles. The Morgan fingerprint density at radius 3 is 2.73 bits per heavy atom. The molecule has 1 heterocycles. The number of hydrogen-bond acceptors (Lipinski definition) is 2. The fourth-order valence-corrected chi connectivity index (χ4v) is 1.94. The van der Waals surface area contributed by atoms with Gasteiger partial charge in [-0.1, -0.05) is 11.6 Å². The van der Waals surface area contributed by atoms with Gasteiger partial charge in [0.05, 0.1) is 0 Å². The largest absolute Gasteiger partial charge is 0.386 e. The Balaban J connectivity index is 2.60. The van der Waals surface area contributed by atoms with Gasteiger partial charge in [-0.2, -0.15) is 0 Å². The molecule has 1 unspecified atom stereocenters.